The third-order valence-corrected chi connectivity index (χ3v) is 5.18. The predicted octanol–water partition coefficient (Wildman–Crippen LogP) is 3.24. The van der Waals surface area contributed by atoms with E-state index in [1.165, 1.54) is 17.3 Å². The molecule has 8 heteroatoms. The van der Waals surface area contributed by atoms with Gasteiger partial charge in [0.05, 0.1) is 17.7 Å². The summed E-state index contributed by atoms with van der Waals surface area (Å²) >= 11 is 0. The summed E-state index contributed by atoms with van der Waals surface area (Å²) < 4.78 is 22.7. The lowest BCUT2D eigenvalue weighted by molar-refractivity contribution is 0.0989. The molecule has 2 aromatic carbocycles. The van der Waals surface area contributed by atoms with Gasteiger partial charge in [0, 0.05) is 24.2 Å². The summed E-state index contributed by atoms with van der Waals surface area (Å²) in [6.07, 6.45) is 3.15. The van der Waals surface area contributed by atoms with E-state index in [-0.39, 0.29) is 36.1 Å². The Kier molecular flexibility index (Phi) is 4.31. The van der Waals surface area contributed by atoms with Gasteiger partial charge in [-0.2, -0.15) is 0 Å². The first-order valence-electron chi connectivity index (χ1n) is 9.49. The van der Waals surface area contributed by atoms with Crippen molar-refractivity contribution in [1.82, 2.24) is 14.5 Å². The third kappa shape index (κ3) is 3.02. The van der Waals surface area contributed by atoms with Gasteiger partial charge in [0.2, 0.25) is 5.88 Å². The molecule has 30 heavy (non-hydrogen) atoms. The average molecular weight is 403 g/mol. The van der Waals surface area contributed by atoms with Crippen LogP contribution < -0.4 is 15.4 Å². The van der Waals surface area contributed by atoms with E-state index in [0.717, 1.165) is 16.5 Å². The van der Waals surface area contributed by atoms with Crippen molar-refractivity contribution in [3.63, 3.8) is 0 Å². The Hall–Kier alpha value is -3.94. The number of nitrogens with two attached hydrogens (primary N) is 1. The highest BCUT2D eigenvalue weighted by Gasteiger charge is 2.30. The standard InChI is InChI=1S/C22H18FN5O2/c23-16-11-17-15(6-7-27(17)12-14-4-2-1-3-5-14)10-18(16)28-8-9-30-21-19(22(28)29)20(24)25-13-26-21/h1-7,10-11,13H,8-9,12H2,(H2,24,25,26). The molecule has 1 aliphatic rings. The van der Waals surface area contributed by atoms with Crippen LogP contribution in [0.25, 0.3) is 10.9 Å². The topological polar surface area (TPSA) is 86.3 Å². The van der Waals surface area contributed by atoms with Gasteiger partial charge in [0.25, 0.3) is 5.91 Å². The van der Waals surface area contributed by atoms with Crippen LogP contribution in [0.5, 0.6) is 5.88 Å². The number of hydrogen-bond acceptors (Lipinski definition) is 5. The largest absolute Gasteiger partial charge is 0.475 e. The summed E-state index contributed by atoms with van der Waals surface area (Å²) in [5.74, 6) is -0.858. The van der Waals surface area contributed by atoms with Gasteiger partial charge >= 0.3 is 0 Å². The molecule has 1 amide bonds. The maximum absolute atomic E-state index is 15.2. The number of amides is 1. The first kappa shape index (κ1) is 18.1. The molecule has 0 saturated heterocycles. The molecule has 0 aliphatic carbocycles. The molecule has 3 heterocycles. The van der Waals surface area contributed by atoms with E-state index in [0.29, 0.717) is 6.54 Å². The van der Waals surface area contributed by atoms with Crippen LogP contribution >= 0.6 is 0 Å². The van der Waals surface area contributed by atoms with Gasteiger partial charge in [0.1, 0.15) is 30.1 Å². The molecule has 1 aliphatic heterocycles. The Balaban J connectivity index is 1.54. The molecular weight excluding hydrogens is 385 g/mol. The lowest BCUT2D eigenvalue weighted by Crippen LogP contribution is -2.33. The molecule has 5 rings (SSSR count). The van der Waals surface area contributed by atoms with Crippen molar-refractivity contribution in [3.05, 3.63) is 78.0 Å². The number of hydrogen-bond donors (Lipinski definition) is 1. The number of nitrogen functional groups attached to an aromatic ring is 1. The summed E-state index contributed by atoms with van der Waals surface area (Å²) in [7, 11) is 0. The third-order valence-electron chi connectivity index (χ3n) is 5.18. The van der Waals surface area contributed by atoms with E-state index in [4.69, 9.17) is 10.5 Å². The highest BCUT2D eigenvalue weighted by molar-refractivity contribution is 6.11. The molecule has 150 valence electrons. The Labute approximate surface area is 171 Å². The van der Waals surface area contributed by atoms with Crippen LogP contribution in [0.1, 0.15) is 15.9 Å². The summed E-state index contributed by atoms with van der Waals surface area (Å²) in [5.41, 5.74) is 7.96. The molecule has 0 atom stereocenters. The fourth-order valence-corrected chi connectivity index (χ4v) is 3.72. The van der Waals surface area contributed by atoms with Gasteiger partial charge in [-0.3, -0.25) is 4.79 Å². The van der Waals surface area contributed by atoms with Gasteiger partial charge in [-0.25, -0.2) is 14.4 Å². The molecular formula is C22H18FN5O2. The molecule has 7 nitrogen and oxygen atoms in total. The fourth-order valence-electron chi connectivity index (χ4n) is 3.72. The van der Waals surface area contributed by atoms with Gasteiger partial charge in [0.15, 0.2) is 0 Å². The highest BCUT2D eigenvalue weighted by Crippen LogP contribution is 2.32. The van der Waals surface area contributed by atoms with E-state index in [1.54, 1.807) is 6.07 Å². The van der Waals surface area contributed by atoms with Crippen LogP contribution in [0.4, 0.5) is 15.9 Å². The maximum Gasteiger partial charge on any atom is 0.267 e. The van der Waals surface area contributed by atoms with Crippen LogP contribution in [0.15, 0.2) is 61.1 Å². The Morgan fingerprint density at radius 1 is 1.13 bits per heavy atom. The molecule has 2 aromatic heterocycles. The van der Waals surface area contributed by atoms with Crippen molar-refractivity contribution in [1.29, 1.82) is 0 Å². The zero-order chi connectivity index (χ0) is 20.7. The van der Waals surface area contributed by atoms with Gasteiger partial charge in [-0.05, 0) is 17.7 Å². The zero-order valence-electron chi connectivity index (χ0n) is 16.0. The maximum atomic E-state index is 15.2. The van der Waals surface area contributed by atoms with Gasteiger partial charge in [-0.1, -0.05) is 30.3 Å². The minimum atomic E-state index is -0.497. The van der Waals surface area contributed by atoms with Crippen LogP contribution in [-0.2, 0) is 6.54 Å². The lowest BCUT2D eigenvalue weighted by atomic mass is 10.1. The average Bonchev–Trinajstić information content (AvgIpc) is 3.03. The van der Waals surface area contributed by atoms with Gasteiger partial charge in [-0.15, -0.1) is 0 Å². The van der Waals surface area contributed by atoms with Crippen LogP contribution in [0, 0.1) is 5.82 Å². The van der Waals surface area contributed by atoms with Crippen LogP contribution in [-0.4, -0.2) is 33.6 Å². The second-order valence-electron chi connectivity index (χ2n) is 7.04. The second kappa shape index (κ2) is 7.14. The monoisotopic (exact) mass is 403 g/mol. The Bertz CT molecular complexity index is 1260. The van der Waals surface area contributed by atoms with E-state index < -0.39 is 11.7 Å². The molecule has 0 bridgehead atoms. The normalized spacial score (nSPS) is 13.8. The van der Waals surface area contributed by atoms with Gasteiger partial charge < -0.3 is 19.9 Å². The number of rotatable bonds is 3. The fraction of sp³-hybridized carbons (Fsp3) is 0.136. The molecule has 0 unspecified atom stereocenters. The number of carbonyl (C=O) groups excluding carboxylic acids is 1. The first-order chi connectivity index (χ1) is 14.6. The van der Waals surface area contributed by atoms with Crippen molar-refractivity contribution < 1.29 is 13.9 Å². The molecule has 2 N–H and O–H groups in total. The molecule has 0 spiro atoms. The zero-order valence-corrected chi connectivity index (χ0v) is 16.0. The number of anilines is 2. The number of fused-ring (bicyclic) bond motifs is 2. The smallest absolute Gasteiger partial charge is 0.267 e. The van der Waals surface area contributed by atoms with Crippen molar-refractivity contribution in [2.24, 2.45) is 0 Å². The molecule has 0 saturated carbocycles. The summed E-state index contributed by atoms with van der Waals surface area (Å²) in [4.78, 5) is 22.3. The molecule has 4 aromatic rings. The van der Waals surface area contributed by atoms with E-state index in [2.05, 4.69) is 9.97 Å². The summed E-state index contributed by atoms with van der Waals surface area (Å²) in [5, 5.41) is 0.831. The molecule has 0 fully saturated rings. The predicted molar refractivity (Wildman–Crippen MR) is 111 cm³/mol. The number of benzene rings is 2. The van der Waals surface area contributed by atoms with Crippen LogP contribution in [0.2, 0.25) is 0 Å². The van der Waals surface area contributed by atoms with E-state index >= 15 is 4.39 Å². The van der Waals surface area contributed by atoms with Crippen molar-refractivity contribution in [3.8, 4) is 5.88 Å². The van der Waals surface area contributed by atoms with Crippen molar-refractivity contribution >= 4 is 28.3 Å². The summed E-state index contributed by atoms with van der Waals surface area (Å²) in [6.45, 7) is 0.963. The van der Waals surface area contributed by atoms with Crippen LogP contribution in [0.3, 0.4) is 0 Å². The molecule has 0 radical (unpaired) electrons. The number of halogens is 1. The SMILES string of the molecule is Nc1ncnc2c1C(=O)N(c1cc3ccn(Cc4ccccc4)c3cc1F)CCO2. The van der Waals surface area contributed by atoms with Crippen molar-refractivity contribution in [2.75, 3.05) is 23.8 Å². The van der Waals surface area contributed by atoms with E-state index in [9.17, 15) is 4.79 Å². The number of carbonyl (C=O) groups is 1. The lowest BCUT2D eigenvalue weighted by Gasteiger charge is -2.21. The number of nitrogens with zero attached hydrogens (tertiary/aromatic N) is 4. The minimum absolute atomic E-state index is 0.00685. The minimum Gasteiger partial charge on any atom is -0.475 e. The van der Waals surface area contributed by atoms with E-state index in [1.807, 2.05) is 47.2 Å². The quantitative estimate of drug-likeness (QED) is 0.568. The number of ether oxygens (including phenoxy) is 1. The number of aromatic nitrogens is 3. The second-order valence-corrected chi connectivity index (χ2v) is 7.04. The Morgan fingerprint density at radius 3 is 2.80 bits per heavy atom. The Morgan fingerprint density at radius 2 is 1.97 bits per heavy atom. The highest BCUT2D eigenvalue weighted by atomic mass is 19.1. The summed E-state index contributed by atoms with van der Waals surface area (Å²) in [6, 6.07) is 15.0. The first-order valence-corrected chi connectivity index (χ1v) is 9.49. The van der Waals surface area contributed by atoms with Crippen molar-refractivity contribution in [2.45, 2.75) is 6.54 Å².